The number of sulfonamides is 1. The van der Waals surface area contributed by atoms with E-state index in [9.17, 15) is 13.2 Å². The van der Waals surface area contributed by atoms with Gasteiger partial charge in [0.1, 0.15) is 6.29 Å². The van der Waals surface area contributed by atoms with Gasteiger partial charge < -0.3 is 4.79 Å². The van der Waals surface area contributed by atoms with Gasteiger partial charge in [0.05, 0.1) is 5.75 Å². The third kappa shape index (κ3) is 7.93. The van der Waals surface area contributed by atoms with Crippen LogP contribution in [0.25, 0.3) is 0 Å². The summed E-state index contributed by atoms with van der Waals surface area (Å²) in [5.41, 5.74) is 0. The Balaban J connectivity index is 3.57. The molecule has 0 heterocycles. The Morgan fingerprint density at radius 3 is 2.54 bits per heavy atom. The smallest absolute Gasteiger partial charge is 0.211 e. The summed E-state index contributed by atoms with van der Waals surface area (Å²) in [7, 11) is -3.09. The number of carbonyl (C=O) groups excluding carboxylic acids is 1. The Kier molecular flexibility index (Phi) is 6.80. The van der Waals surface area contributed by atoms with Crippen molar-refractivity contribution in [2.45, 2.75) is 32.6 Å². The van der Waals surface area contributed by atoms with E-state index < -0.39 is 10.0 Å². The molecule has 0 amide bonds. The molecule has 78 valence electrons. The normalized spacial score (nSPS) is 11.5. The van der Waals surface area contributed by atoms with Gasteiger partial charge in [-0.15, -0.1) is 0 Å². The van der Waals surface area contributed by atoms with E-state index in [1.54, 1.807) is 0 Å². The second-order valence-corrected chi connectivity index (χ2v) is 4.80. The van der Waals surface area contributed by atoms with Crippen molar-refractivity contribution >= 4 is 16.3 Å². The summed E-state index contributed by atoms with van der Waals surface area (Å²) >= 11 is 0. The molecule has 0 aliphatic heterocycles. The van der Waals surface area contributed by atoms with Crippen LogP contribution in [0.3, 0.4) is 0 Å². The number of hydrogen-bond donors (Lipinski definition) is 1. The van der Waals surface area contributed by atoms with Gasteiger partial charge >= 0.3 is 0 Å². The Morgan fingerprint density at radius 2 is 2.00 bits per heavy atom. The molecule has 13 heavy (non-hydrogen) atoms. The summed E-state index contributed by atoms with van der Waals surface area (Å²) < 4.78 is 24.7. The minimum atomic E-state index is -3.09. The predicted molar refractivity (Wildman–Crippen MR) is 52.0 cm³/mol. The first-order valence-corrected chi connectivity index (χ1v) is 6.18. The highest BCUT2D eigenvalue weighted by Crippen LogP contribution is 1.93. The standard InChI is InChI=1S/C8H17NO3S/c1-2-3-8-13(11,12)9-6-4-5-7-10/h7,9H,2-6,8H2,1H3. The van der Waals surface area contributed by atoms with Gasteiger partial charge in [0.2, 0.25) is 10.0 Å². The maximum atomic E-state index is 11.2. The van der Waals surface area contributed by atoms with E-state index in [0.29, 0.717) is 25.8 Å². The van der Waals surface area contributed by atoms with Crippen molar-refractivity contribution < 1.29 is 13.2 Å². The second kappa shape index (κ2) is 7.03. The lowest BCUT2D eigenvalue weighted by Crippen LogP contribution is -2.27. The van der Waals surface area contributed by atoms with Gasteiger partial charge in [0.15, 0.2) is 0 Å². The molecular weight excluding hydrogens is 190 g/mol. The van der Waals surface area contributed by atoms with E-state index in [1.807, 2.05) is 6.92 Å². The minimum Gasteiger partial charge on any atom is -0.303 e. The Morgan fingerprint density at radius 1 is 1.31 bits per heavy atom. The van der Waals surface area contributed by atoms with Crippen LogP contribution < -0.4 is 4.72 Å². The first-order chi connectivity index (χ1) is 6.12. The number of rotatable bonds is 8. The number of aldehydes is 1. The van der Waals surface area contributed by atoms with Crippen LogP contribution in [-0.2, 0) is 14.8 Å². The summed E-state index contributed by atoms with van der Waals surface area (Å²) in [6, 6.07) is 0. The number of nitrogens with one attached hydrogen (secondary N) is 1. The molecule has 0 aromatic rings. The monoisotopic (exact) mass is 207 g/mol. The lowest BCUT2D eigenvalue weighted by molar-refractivity contribution is -0.107. The van der Waals surface area contributed by atoms with E-state index >= 15 is 0 Å². The van der Waals surface area contributed by atoms with Crippen molar-refractivity contribution in [1.29, 1.82) is 0 Å². The van der Waals surface area contributed by atoms with E-state index in [2.05, 4.69) is 4.72 Å². The molecule has 5 heteroatoms. The maximum absolute atomic E-state index is 11.2. The molecule has 0 aromatic carbocycles. The van der Waals surface area contributed by atoms with Crippen LogP contribution in [-0.4, -0.2) is 27.0 Å². The third-order valence-corrected chi connectivity index (χ3v) is 3.06. The maximum Gasteiger partial charge on any atom is 0.211 e. The molecule has 0 unspecified atom stereocenters. The molecule has 0 aromatic heterocycles. The second-order valence-electron chi connectivity index (χ2n) is 2.88. The number of unbranched alkanes of at least 4 members (excludes halogenated alkanes) is 2. The summed E-state index contributed by atoms with van der Waals surface area (Å²) in [5, 5.41) is 0. The van der Waals surface area contributed by atoms with Crippen molar-refractivity contribution in [2.24, 2.45) is 0 Å². The molecule has 4 nitrogen and oxygen atoms in total. The minimum absolute atomic E-state index is 0.185. The van der Waals surface area contributed by atoms with E-state index in [4.69, 9.17) is 0 Å². The highest BCUT2D eigenvalue weighted by molar-refractivity contribution is 7.89. The van der Waals surface area contributed by atoms with Crippen molar-refractivity contribution in [2.75, 3.05) is 12.3 Å². The number of hydrogen-bond acceptors (Lipinski definition) is 3. The Labute approximate surface area is 79.8 Å². The molecule has 0 rings (SSSR count). The zero-order chi connectivity index (χ0) is 10.2. The van der Waals surface area contributed by atoms with Gasteiger partial charge in [-0.2, -0.15) is 0 Å². The van der Waals surface area contributed by atoms with Crippen LogP contribution in [0.4, 0.5) is 0 Å². The lowest BCUT2D eigenvalue weighted by Gasteiger charge is -2.03. The summed E-state index contributed by atoms with van der Waals surface area (Å²) in [5.74, 6) is 0.185. The van der Waals surface area contributed by atoms with Gasteiger partial charge in [-0.05, 0) is 12.8 Å². The van der Waals surface area contributed by atoms with Crippen molar-refractivity contribution in [3.8, 4) is 0 Å². The molecular formula is C8H17NO3S. The summed E-state index contributed by atoms with van der Waals surface area (Å²) in [6.07, 6.45) is 3.34. The average molecular weight is 207 g/mol. The first-order valence-electron chi connectivity index (χ1n) is 4.53. The Hall–Kier alpha value is -0.420. The fourth-order valence-corrected chi connectivity index (χ4v) is 2.09. The topological polar surface area (TPSA) is 63.2 Å². The fourth-order valence-electron chi connectivity index (χ4n) is 0.820. The Bertz CT molecular complexity index is 224. The highest BCUT2D eigenvalue weighted by Gasteiger charge is 2.07. The van der Waals surface area contributed by atoms with Gasteiger partial charge in [0.25, 0.3) is 0 Å². The largest absolute Gasteiger partial charge is 0.303 e. The van der Waals surface area contributed by atoms with Gasteiger partial charge in [-0.3, -0.25) is 0 Å². The lowest BCUT2D eigenvalue weighted by atomic mass is 10.3. The molecule has 1 N–H and O–H groups in total. The molecule has 0 bridgehead atoms. The average Bonchev–Trinajstić information content (AvgIpc) is 2.09. The molecule has 0 saturated carbocycles. The van der Waals surface area contributed by atoms with Crippen molar-refractivity contribution in [3.63, 3.8) is 0 Å². The number of carbonyl (C=O) groups is 1. The van der Waals surface area contributed by atoms with Crippen LogP contribution in [0.15, 0.2) is 0 Å². The zero-order valence-electron chi connectivity index (χ0n) is 7.95. The van der Waals surface area contributed by atoms with Crippen molar-refractivity contribution in [1.82, 2.24) is 4.72 Å². The van der Waals surface area contributed by atoms with Crippen LogP contribution in [0.5, 0.6) is 0 Å². The fraction of sp³-hybridized carbons (Fsp3) is 0.875. The SMILES string of the molecule is CCCCS(=O)(=O)NCCCC=O. The van der Waals surface area contributed by atoms with E-state index in [1.165, 1.54) is 0 Å². The van der Waals surface area contributed by atoms with Gasteiger partial charge in [-0.1, -0.05) is 13.3 Å². The van der Waals surface area contributed by atoms with E-state index in [-0.39, 0.29) is 5.75 Å². The molecule has 0 aliphatic carbocycles. The van der Waals surface area contributed by atoms with Crippen LogP contribution in [0.1, 0.15) is 32.6 Å². The van der Waals surface area contributed by atoms with Crippen LogP contribution in [0.2, 0.25) is 0 Å². The van der Waals surface area contributed by atoms with Crippen LogP contribution >= 0.6 is 0 Å². The van der Waals surface area contributed by atoms with Gasteiger partial charge in [0, 0.05) is 13.0 Å². The quantitative estimate of drug-likeness (QED) is 0.470. The van der Waals surface area contributed by atoms with Crippen molar-refractivity contribution in [3.05, 3.63) is 0 Å². The highest BCUT2D eigenvalue weighted by atomic mass is 32.2. The van der Waals surface area contributed by atoms with Crippen LogP contribution in [0, 0.1) is 0 Å². The molecule has 0 atom stereocenters. The summed E-state index contributed by atoms with van der Waals surface area (Å²) in [4.78, 5) is 9.92. The van der Waals surface area contributed by atoms with E-state index in [0.717, 1.165) is 12.7 Å². The third-order valence-electron chi connectivity index (χ3n) is 1.59. The molecule has 0 fully saturated rings. The molecule has 0 spiro atoms. The molecule has 0 saturated heterocycles. The molecule has 0 radical (unpaired) electrons. The predicted octanol–water partition coefficient (Wildman–Crippen LogP) is 0.685. The van der Waals surface area contributed by atoms with Gasteiger partial charge in [-0.25, -0.2) is 13.1 Å². The zero-order valence-corrected chi connectivity index (χ0v) is 8.77. The first kappa shape index (κ1) is 12.6. The molecule has 0 aliphatic rings. The summed E-state index contributed by atoms with van der Waals surface area (Å²) in [6.45, 7) is 2.31.